The third-order valence-electron chi connectivity index (χ3n) is 4.05. The van der Waals surface area contributed by atoms with E-state index in [0.29, 0.717) is 17.0 Å². The van der Waals surface area contributed by atoms with Gasteiger partial charge in [-0.3, -0.25) is 0 Å². The van der Waals surface area contributed by atoms with Gasteiger partial charge in [0.2, 0.25) is 0 Å². The van der Waals surface area contributed by atoms with Crippen LogP contribution in [0.2, 0.25) is 15.2 Å². The van der Waals surface area contributed by atoms with Crippen molar-refractivity contribution in [2.24, 2.45) is 4.99 Å². The Labute approximate surface area is 181 Å². The van der Waals surface area contributed by atoms with Gasteiger partial charge in [0.25, 0.3) is 0 Å². The van der Waals surface area contributed by atoms with Crippen LogP contribution in [0.15, 0.2) is 32.9 Å². The number of aryl methyl sites for hydroxylation is 3. The molecule has 0 atom stereocenters. The molecule has 0 bridgehead atoms. The summed E-state index contributed by atoms with van der Waals surface area (Å²) < 4.78 is 0. The third-order valence-corrected chi connectivity index (χ3v) is 6.48. The van der Waals surface area contributed by atoms with Crippen molar-refractivity contribution in [1.29, 1.82) is 0 Å². The van der Waals surface area contributed by atoms with E-state index < -0.39 is 0 Å². The smallest absolute Gasteiger partial charge is 0.149 e. The predicted molar refractivity (Wildman–Crippen MR) is 115 cm³/mol. The zero-order chi connectivity index (χ0) is 19.3. The third kappa shape index (κ3) is 3.32. The molecule has 0 amide bonds. The fourth-order valence-corrected chi connectivity index (χ4v) is 4.29. The van der Waals surface area contributed by atoms with Gasteiger partial charge in [0.15, 0.2) is 0 Å². The second kappa shape index (κ2) is 7.43. The molecule has 0 radical (unpaired) electrons. The summed E-state index contributed by atoms with van der Waals surface area (Å²) in [6.45, 7) is 6.02. The molecule has 0 saturated carbocycles. The number of nitrogens with zero attached hydrogens (tertiary/aromatic N) is 1. The molecule has 0 spiro atoms. The van der Waals surface area contributed by atoms with E-state index in [1.165, 1.54) is 0 Å². The highest BCUT2D eigenvalue weighted by Crippen LogP contribution is 2.45. The molecule has 1 aromatic carbocycles. The maximum Gasteiger partial charge on any atom is 0.149 e. The number of aromatic amines is 1. The average Bonchev–Trinajstić information content (AvgIpc) is 2.95. The summed E-state index contributed by atoms with van der Waals surface area (Å²) in [5, 5.41) is 1.27. The van der Waals surface area contributed by atoms with Gasteiger partial charge in [-0.15, -0.1) is 0 Å². The lowest BCUT2D eigenvalue weighted by Crippen LogP contribution is -2.00. The summed E-state index contributed by atoms with van der Waals surface area (Å²) in [5.74, 6) is 0. The number of hydrogen-bond acceptors (Lipinski definition) is 1. The van der Waals surface area contributed by atoms with Gasteiger partial charge in [-0.05, 0) is 37.5 Å². The number of aliphatic imine (C=N–C) groups is 1. The number of allylic oxidation sites excluding steroid dienone is 2. The molecule has 0 unspecified atom stereocenters. The normalized spacial score (nSPS) is 16.4. The molecule has 1 aliphatic rings. The number of hydrogen-bond donors (Lipinski definition) is 1. The summed E-state index contributed by atoms with van der Waals surface area (Å²) in [5.41, 5.74) is 5.62. The number of H-pyrrole nitrogens is 1. The molecule has 1 aliphatic heterocycles. The molecule has 136 valence electrons. The van der Waals surface area contributed by atoms with E-state index in [4.69, 9.17) is 69.6 Å². The minimum absolute atomic E-state index is 0.117. The Balaban J connectivity index is 2.46. The highest BCUT2D eigenvalue weighted by Gasteiger charge is 2.29. The molecule has 0 aliphatic carbocycles. The van der Waals surface area contributed by atoms with Crippen molar-refractivity contribution >= 4 is 80.3 Å². The number of benzene rings is 1. The van der Waals surface area contributed by atoms with Crippen molar-refractivity contribution in [2.45, 2.75) is 20.8 Å². The van der Waals surface area contributed by atoms with Crippen molar-refractivity contribution in [3.05, 3.63) is 71.0 Å². The molecule has 2 aromatic rings. The maximum atomic E-state index is 6.44. The molecular formula is C18H12Cl6N2. The van der Waals surface area contributed by atoms with Gasteiger partial charge in [0.1, 0.15) is 10.3 Å². The molecule has 8 heteroatoms. The van der Waals surface area contributed by atoms with Crippen molar-refractivity contribution < 1.29 is 0 Å². The first kappa shape index (κ1) is 20.1. The Kier molecular flexibility index (Phi) is 5.75. The number of rotatable bonds is 2. The molecule has 1 aromatic heterocycles. The highest BCUT2D eigenvalue weighted by atomic mass is 35.5. The second-order valence-corrected chi connectivity index (χ2v) is 8.22. The SMILES string of the molecule is Cc1cc(C)c(/C(=C2\N=C(Cl)C(Cl)=C2Cl)c2[nH]c(Cl)c(Cl)c2Cl)c(C)c1. The monoisotopic (exact) mass is 466 g/mol. The average molecular weight is 469 g/mol. The molecule has 2 heterocycles. The zero-order valence-corrected chi connectivity index (χ0v) is 18.4. The van der Waals surface area contributed by atoms with E-state index in [0.717, 1.165) is 22.3 Å². The Morgan fingerprint density at radius 1 is 0.846 bits per heavy atom. The highest BCUT2D eigenvalue weighted by molar-refractivity contribution is 6.78. The molecule has 1 N–H and O–H groups in total. The lowest BCUT2D eigenvalue weighted by molar-refractivity contribution is 1.25. The van der Waals surface area contributed by atoms with E-state index in [9.17, 15) is 0 Å². The fraction of sp³-hybridized carbons (Fsp3) is 0.167. The predicted octanol–water partition coefficient (Wildman–Crippen LogP) is 8.00. The molecule has 26 heavy (non-hydrogen) atoms. The summed E-state index contributed by atoms with van der Waals surface area (Å²) >= 11 is 37.4. The van der Waals surface area contributed by atoms with Crippen LogP contribution in [0.25, 0.3) is 5.57 Å². The summed E-state index contributed by atoms with van der Waals surface area (Å²) in [6.07, 6.45) is 0. The first-order chi connectivity index (χ1) is 12.1. The first-order valence-electron chi connectivity index (χ1n) is 7.49. The van der Waals surface area contributed by atoms with Crippen LogP contribution in [-0.2, 0) is 0 Å². The van der Waals surface area contributed by atoms with Gasteiger partial charge in [0.05, 0.1) is 31.5 Å². The van der Waals surface area contributed by atoms with Crippen LogP contribution >= 0.6 is 69.6 Å². The van der Waals surface area contributed by atoms with E-state index in [-0.39, 0.29) is 30.4 Å². The van der Waals surface area contributed by atoms with Gasteiger partial charge in [-0.2, -0.15) is 0 Å². The lowest BCUT2D eigenvalue weighted by Gasteiger charge is -2.17. The van der Waals surface area contributed by atoms with Crippen molar-refractivity contribution in [3.8, 4) is 0 Å². The summed E-state index contributed by atoms with van der Waals surface area (Å²) in [6, 6.07) is 4.12. The Bertz CT molecular complexity index is 1000. The van der Waals surface area contributed by atoms with Crippen LogP contribution < -0.4 is 0 Å². The van der Waals surface area contributed by atoms with Gasteiger partial charge in [-0.25, -0.2) is 4.99 Å². The lowest BCUT2D eigenvalue weighted by atomic mass is 9.90. The van der Waals surface area contributed by atoms with E-state index in [1.807, 2.05) is 20.8 Å². The van der Waals surface area contributed by atoms with Crippen LogP contribution in [0.3, 0.4) is 0 Å². The fourth-order valence-electron chi connectivity index (χ4n) is 3.09. The first-order valence-corrected chi connectivity index (χ1v) is 9.75. The number of nitrogens with one attached hydrogen (secondary N) is 1. The number of halogens is 6. The quantitative estimate of drug-likeness (QED) is 0.462. The molecule has 0 fully saturated rings. The molecule has 0 saturated heterocycles. The van der Waals surface area contributed by atoms with E-state index in [1.54, 1.807) is 0 Å². The van der Waals surface area contributed by atoms with Gasteiger partial charge >= 0.3 is 0 Å². The van der Waals surface area contributed by atoms with Gasteiger partial charge < -0.3 is 4.98 Å². The Morgan fingerprint density at radius 2 is 1.42 bits per heavy atom. The molecule has 3 rings (SSSR count). The Hall–Kier alpha value is -0.610. The van der Waals surface area contributed by atoms with Gasteiger partial charge in [0, 0.05) is 5.57 Å². The zero-order valence-electron chi connectivity index (χ0n) is 13.9. The minimum Gasteiger partial charge on any atom is -0.343 e. The van der Waals surface area contributed by atoms with Crippen LogP contribution in [-0.4, -0.2) is 10.2 Å². The van der Waals surface area contributed by atoms with Crippen molar-refractivity contribution in [3.63, 3.8) is 0 Å². The van der Waals surface area contributed by atoms with Gasteiger partial charge in [-0.1, -0.05) is 87.3 Å². The van der Waals surface area contributed by atoms with Crippen LogP contribution in [0.4, 0.5) is 0 Å². The van der Waals surface area contributed by atoms with E-state index >= 15 is 0 Å². The van der Waals surface area contributed by atoms with Crippen LogP contribution in [0.1, 0.15) is 27.9 Å². The molecule has 2 nitrogen and oxygen atoms in total. The summed E-state index contributed by atoms with van der Waals surface area (Å²) in [7, 11) is 0. The minimum atomic E-state index is 0.117. The van der Waals surface area contributed by atoms with E-state index in [2.05, 4.69) is 22.1 Å². The standard InChI is InChI=1S/C18H12Cl6N2/c1-6-4-7(2)9(8(3)5-6)10(15-11(19)13(21)17(23)25-15)16-12(20)14(22)18(24)26-16/h4-5,25H,1-3H3/b16-10+. The van der Waals surface area contributed by atoms with Crippen LogP contribution in [0, 0.1) is 20.8 Å². The van der Waals surface area contributed by atoms with Crippen molar-refractivity contribution in [1.82, 2.24) is 4.98 Å². The second-order valence-electron chi connectivity index (χ2n) is 5.97. The molecular weight excluding hydrogens is 457 g/mol. The largest absolute Gasteiger partial charge is 0.343 e. The van der Waals surface area contributed by atoms with Crippen molar-refractivity contribution in [2.75, 3.05) is 0 Å². The summed E-state index contributed by atoms with van der Waals surface area (Å²) in [4.78, 5) is 7.36. The van der Waals surface area contributed by atoms with Crippen LogP contribution in [0.5, 0.6) is 0 Å². The number of aromatic nitrogens is 1. The maximum absolute atomic E-state index is 6.44. The topological polar surface area (TPSA) is 28.1 Å². The Morgan fingerprint density at radius 3 is 1.85 bits per heavy atom.